The summed E-state index contributed by atoms with van der Waals surface area (Å²) in [6.45, 7) is 3.59. The van der Waals surface area contributed by atoms with E-state index in [9.17, 15) is 4.79 Å². The molecule has 1 saturated heterocycles. The Morgan fingerprint density at radius 2 is 2.26 bits per heavy atom. The van der Waals surface area contributed by atoms with Gasteiger partial charge in [-0.05, 0) is 45.2 Å². The van der Waals surface area contributed by atoms with Crippen molar-refractivity contribution in [2.75, 3.05) is 26.8 Å². The van der Waals surface area contributed by atoms with Crippen LogP contribution >= 0.6 is 0 Å². The SMILES string of the molecule is COc1ccccc1C(C)NC(=O)CN1CCCC1CCCO. The summed E-state index contributed by atoms with van der Waals surface area (Å²) in [6, 6.07) is 8.10. The number of amides is 1. The number of aliphatic hydroxyl groups is 1. The molecule has 0 radical (unpaired) electrons. The maximum Gasteiger partial charge on any atom is 0.234 e. The van der Waals surface area contributed by atoms with Crippen LogP contribution in [0.3, 0.4) is 0 Å². The first-order valence-corrected chi connectivity index (χ1v) is 8.43. The largest absolute Gasteiger partial charge is 0.496 e. The van der Waals surface area contributed by atoms with Gasteiger partial charge in [-0.15, -0.1) is 0 Å². The summed E-state index contributed by atoms with van der Waals surface area (Å²) in [6.07, 6.45) is 4.02. The average molecular weight is 320 g/mol. The minimum Gasteiger partial charge on any atom is -0.496 e. The minimum absolute atomic E-state index is 0.0410. The number of nitrogens with zero attached hydrogens (tertiary/aromatic N) is 1. The molecule has 1 heterocycles. The normalized spacial score (nSPS) is 19.5. The van der Waals surface area contributed by atoms with E-state index < -0.39 is 0 Å². The monoisotopic (exact) mass is 320 g/mol. The molecule has 0 aromatic heterocycles. The zero-order chi connectivity index (χ0) is 16.7. The van der Waals surface area contributed by atoms with Crippen molar-refractivity contribution in [2.45, 2.75) is 44.7 Å². The van der Waals surface area contributed by atoms with Crippen molar-refractivity contribution in [3.05, 3.63) is 29.8 Å². The lowest BCUT2D eigenvalue weighted by Crippen LogP contribution is -2.40. The third-order valence-electron chi connectivity index (χ3n) is 4.52. The van der Waals surface area contributed by atoms with Crippen LogP contribution in [0.25, 0.3) is 0 Å². The van der Waals surface area contributed by atoms with Gasteiger partial charge >= 0.3 is 0 Å². The molecule has 0 saturated carbocycles. The third-order valence-corrected chi connectivity index (χ3v) is 4.52. The molecule has 1 fully saturated rings. The van der Waals surface area contributed by atoms with Gasteiger partial charge in [-0.1, -0.05) is 18.2 Å². The Labute approximate surface area is 138 Å². The molecule has 1 amide bonds. The van der Waals surface area contributed by atoms with E-state index in [4.69, 9.17) is 9.84 Å². The summed E-state index contributed by atoms with van der Waals surface area (Å²) in [7, 11) is 1.64. The lowest BCUT2D eigenvalue weighted by molar-refractivity contribution is -0.123. The van der Waals surface area contributed by atoms with Crippen molar-refractivity contribution < 1.29 is 14.6 Å². The van der Waals surface area contributed by atoms with Gasteiger partial charge in [0.05, 0.1) is 19.7 Å². The number of rotatable bonds is 8. The molecule has 2 unspecified atom stereocenters. The van der Waals surface area contributed by atoms with Crippen molar-refractivity contribution >= 4 is 5.91 Å². The highest BCUT2D eigenvalue weighted by molar-refractivity contribution is 5.78. The molecule has 2 atom stereocenters. The zero-order valence-corrected chi connectivity index (χ0v) is 14.1. The van der Waals surface area contributed by atoms with E-state index >= 15 is 0 Å². The van der Waals surface area contributed by atoms with E-state index in [2.05, 4.69) is 10.2 Å². The molecule has 1 aliphatic heterocycles. The first-order valence-electron chi connectivity index (χ1n) is 8.43. The summed E-state index contributed by atoms with van der Waals surface area (Å²) in [5.41, 5.74) is 0.988. The Hall–Kier alpha value is -1.59. The predicted octanol–water partition coefficient (Wildman–Crippen LogP) is 2.11. The maximum absolute atomic E-state index is 12.4. The fourth-order valence-corrected chi connectivity index (χ4v) is 3.33. The summed E-state index contributed by atoms with van der Waals surface area (Å²) in [5, 5.41) is 12.0. The number of methoxy groups -OCH3 is 1. The maximum atomic E-state index is 12.4. The number of carbonyl (C=O) groups excluding carboxylic acids is 1. The molecule has 1 aliphatic rings. The third kappa shape index (κ3) is 4.94. The van der Waals surface area contributed by atoms with Gasteiger partial charge in [0.25, 0.3) is 0 Å². The fourth-order valence-electron chi connectivity index (χ4n) is 3.33. The molecule has 0 bridgehead atoms. The molecule has 1 aromatic carbocycles. The molecular formula is C18H28N2O3. The number of hydrogen-bond acceptors (Lipinski definition) is 4. The van der Waals surface area contributed by atoms with Crippen LogP contribution < -0.4 is 10.1 Å². The van der Waals surface area contributed by atoms with E-state index in [-0.39, 0.29) is 18.6 Å². The molecule has 128 valence electrons. The minimum atomic E-state index is -0.0860. The standard InChI is InChI=1S/C18H28N2O3/c1-14(16-9-3-4-10-17(16)23-2)19-18(22)13-20-11-5-7-15(20)8-6-12-21/h3-4,9-10,14-15,21H,5-8,11-13H2,1-2H3,(H,19,22). The fraction of sp³-hybridized carbons (Fsp3) is 0.611. The van der Waals surface area contributed by atoms with Crippen LogP contribution in [0.5, 0.6) is 5.75 Å². The first-order chi connectivity index (χ1) is 11.2. The summed E-state index contributed by atoms with van der Waals surface area (Å²) in [4.78, 5) is 14.6. The Balaban J connectivity index is 1.88. The second-order valence-corrected chi connectivity index (χ2v) is 6.16. The molecule has 2 N–H and O–H groups in total. The summed E-state index contributed by atoms with van der Waals surface area (Å²) < 4.78 is 5.36. The van der Waals surface area contributed by atoms with Gasteiger partial charge < -0.3 is 15.2 Å². The van der Waals surface area contributed by atoms with Crippen LogP contribution in [0, 0.1) is 0 Å². The lowest BCUT2D eigenvalue weighted by Gasteiger charge is -2.25. The van der Waals surface area contributed by atoms with Crippen LogP contribution in [0.2, 0.25) is 0 Å². The number of benzene rings is 1. The van der Waals surface area contributed by atoms with Gasteiger partial charge in [0.2, 0.25) is 5.91 Å². The van der Waals surface area contributed by atoms with Crippen molar-refractivity contribution in [1.29, 1.82) is 0 Å². The van der Waals surface area contributed by atoms with Gasteiger partial charge in [0.1, 0.15) is 5.75 Å². The number of aliphatic hydroxyl groups excluding tert-OH is 1. The number of carbonyl (C=O) groups is 1. The highest BCUT2D eigenvalue weighted by Crippen LogP contribution is 2.25. The molecule has 2 rings (SSSR count). The summed E-state index contributed by atoms with van der Waals surface area (Å²) in [5.74, 6) is 0.835. The van der Waals surface area contributed by atoms with Crippen molar-refractivity contribution in [1.82, 2.24) is 10.2 Å². The van der Waals surface area contributed by atoms with Gasteiger partial charge in [0, 0.05) is 18.2 Å². The van der Waals surface area contributed by atoms with E-state index in [1.54, 1.807) is 7.11 Å². The smallest absolute Gasteiger partial charge is 0.234 e. The Bertz CT molecular complexity index is 507. The van der Waals surface area contributed by atoms with Gasteiger partial charge in [-0.25, -0.2) is 0 Å². The van der Waals surface area contributed by atoms with E-state index in [0.717, 1.165) is 43.5 Å². The summed E-state index contributed by atoms with van der Waals surface area (Å²) >= 11 is 0. The second-order valence-electron chi connectivity index (χ2n) is 6.16. The first kappa shape index (κ1) is 17.8. The van der Waals surface area contributed by atoms with Crippen LogP contribution in [-0.4, -0.2) is 48.8 Å². The van der Waals surface area contributed by atoms with Crippen molar-refractivity contribution in [3.63, 3.8) is 0 Å². The van der Waals surface area contributed by atoms with Crippen LogP contribution in [-0.2, 0) is 4.79 Å². The van der Waals surface area contributed by atoms with Crippen LogP contribution in [0.4, 0.5) is 0 Å². The van der Waals surface area contributed by atoms with Crippen molar-refractivity contribution in [3.8, 4) is 5.75 Å². The van der Waals surface area contributed by atoms with E-state index in [0.29, 0.717) is 12.6 Å². The number of hydrogen-bond donors (Lipinski definition) is 2. The quantitative estimate of drug-likeness (QED) is 0.770. The molecule has 0 spiro atoms. The van der Waals surface area contributed by atoms with E-state index in [1.165, 1.54) is 0 Å². The number of nitrogens with one attached hydrogen (secondary N) is 1. The topological polar surface area (TPSA) is 61.8 Å². The number of ether oxygens (including phenoxy) is 1. The van der Waals surface area contributed by atoms with Crippen molar-refractivity contribution in [2.24, 2.45) is 0 Å². The Morgan fingerprint density at radius 1 is 1.48 bits per heavy atom. The molecular weight excluding hydrogens is 292 g/mol. The molecule has 1 aromatic rings. The number of para-hydroxylation sites is 1. The molecule has 5 heteroatoms. The lowest BCUT2D eigenvalue weighted by atomic mass is 10.1. The Morgan fingerprint density at radius 3 is 3.00 bits per heavy atom. The average Bonchev–Trinajstić information content (AvgIpc) is 2.99. The zero-order valence-electron chi connectivity index (χ0n) is 14.1. The highest BCUT2D eigenvalue weighted by Gasteiger charge is 2.26. The highest BCUT2D eigenvalue weighted by atomic mass is 16.5. The molecule has 23 heavy (non-hydrogen) atoms. The van der Waals surface area contributed by atoms with Crippen LogP contribution in [0.15, 0.2) is 24.3 Å². The van der Waals surface area contributed by atoms with Gasteiger partial charge in [-0.2, -0.15) is 0 Å². The second kappa shape index (κ2) is 8.89. The van der Waals surface area contributed by atoms with Crippen LogP contribution in [0.1, 0.15) is 44.2 Å². The molecule has 0 aliphatic carbocycles. The van der Waals surface area contributed by atoms with E-state index in [1.807, 2.05) is 31.2 Å². The number of likely N-dealkylation sites (tertiary alicyclic amines) is 1. The molecule has 5 nitrogen and oxygen atoms in total. The van der Waals surface area contributed by atoms with Gasteiger partial charge in [0.15, 0.2) is 0 Å². The van der Waals surface area contributed by atoms with Gasteiger partial charge in [-0.3, -0.25) is 9.69 Å². The Kier molecular flexibility index (Phi) is 6.86. The predicted molar refractivity (Wildman–Crippen MR) is 90.5 cm³/mol.